The maximum absolute atomic E-state index is 10.5. The van der Waals surface area contributed by atoms with Crippen LogP contribution in [0.2, 0.25) is 0 Å². The van der Waals surface area contributed by atoms with Crippen molar-refractivity contribution >= 4 is 0 Å². The number of hydrogen-bond donors (Lipinski definition) is 2. The summed E-state index contributed by atoms with van der Waals surface area (Å²) < 4.78 is 3.82. The third-order valence-corrected chi connectivity index (χ3v) is 4.23. The molecule has 2 aromatic heterocycles. The first-order chi connectivity index (χ1) is 11.6. The fraction of sp³-hybridized carbons (Fsp3) is 0.316. The van der Waals surface area contributed by atoms with Crippen molar-refractivity contribution in [2.75, 3.05) is 0 Å². The van der Waals surface area contributed by atoms with Crippen LogP contribution in [0.1, 0.15) is 31.7 Å². The van der Waals surface area contributed by atoms with Gasteiger partial charge in [0.1, 0.15) is 0 Å². The molecule has 5 nitrogen and oxygen atoms in total. The lowest BCUT2D eigenvalue weighted by Crippen LogP contribution is -2.05. The average molecular weight is 325 g/mol. The molecule has 0 amide bonds. The van der Waals surface area contributed by atoms with E-state index in [1.807, 2.05) is 59.5 Å². The van der Waals surface area contributed by atoms with E-state index < -0.39 is 0 Å². The molecule has 0 radical (unpaired) electrons. The summed E-state index contributed by atoms with van der Waals surface area (Å²) in [6, 6.07) is 9.91. The van der Waals surface area contributed by atoms with E-state index in [-0.39, 0.29) is 17.5 Å². The lowest BCUT2D eigenvalue weighted by Gasteiger charge is -2.13. The molecule has 0 spiro atoms. The van der Waals surface area contributed by atoms with E-state index in [1.54, 1.807) is 12.5 Å². The third kappa shape index (κ3) is 3.02. The fourth-order valence-electron chi connectivity index (χ4n) is 3.11. The summed E-state index contributed by atoms with van der Waals surface area (Å²) in [4.78, 5) is 4.04. The number of hydrogen-bond acceptors (Lipinski definition) is 3. The summed E-state index contributed by atoms with van der Waals surface area (Å²) in [7, 11) is 0. The normalized spacial score (nSPS) is 11.3. The maximum atomic E-state index is 10.5. The predicted octanol–water partition coefficient (Wildman–Crippen LogP) is 3.98. The second-order valence-electron chi connectivity index (χ2n) is 6.26. The molecule has 1 aromatic carbocycles. The van der Waals surface area contributed by atoms with Crippen LogP contribution in [0.25, 0.3) is 11.3 Å². The van der Waals surface area contributed by atoms with Gasteiger partial charge >= 0.3 is 0 Å². The Kier molecular flexibility index (Phi) is 4.60. The highest BCUT2D eigenvalue weighted by molar-refractivity contribution is 5.71. The number of aromatic nitrogens is 3. The van der Waals surface area contributed by atoms with Gasteiger partial charge in [-0.05, 0) is 17.9 Å². The molecule has 0 aliphatic carbocycles. The molecular formula is C19H23N3O2. The SMILES string of the molecule is CC(C)c1c(O)c(O)n(CCCn2ccnc2)c1-c1ccccc1. The molecule has 0 aliphatic rings. The monoisotopic (exact) mass is 325 g/mol. The second-order valence-corrected chi connectivity index (χ2v) is 6.26. The van der Waals surface area contributed by atoms with E-state index in [0.29, 0.717) is 6.54 Å². The van der Waals surface area contributed by atoms with Gasteiger partial charge in [-0.1, -0.05) is 44.2 Å². The zero-order chi connectivity index (χ0) is 17.1. The lowest BCUT2D eigenvalue weighted by atomic mass is 9.98. The van der Waals surface area contributed by atoms with Gasteiger partial charge in [0.15, 0.2) is 5.75 Å². The van der Waals surface area contributed by atoms with Gasteiger partial charge in [0, 0.05) is 31.0 Å². The maximum Gasteiger partial charge on any atom is 0.235 e. The highest BCUT2D eigenvalue weighted by Crippen LogP contribution is 2.44. The van der Waals surface area contributed by atoms with Crippen molar-refractivity contribution in [3.63, 3.8) is 0 Å². The zero-order valence-corrected chi connectivity index (χ0v) is 14.1. The Balaban J connectivity index is 1.96. The molecule has 0 aliphatic heterocycles. The number of aromatic hydroxyl groups is 2. The van der Waals surface area contributed by atoms with E-state index in [1.165, 1.54) is 0 Å². The van der Waals surface area contributed by atoms with Crippen LogP contribution >= 0.6 is 0 Å². The van der Waals surface area contributed by atoms with Crippen LogP contribution in [0.3, 0.4) is 0 Å². The van der Waals surface area contributed by atoms with Crippen LogP contribution in [-0.2, 0) is 13.1 Å². The minimum atomic E-state index is -0.0526. The van der Waals surface area contributed by atoms with E-state index in [0.717, 1.165) is 29.8 Å². The molecule has 0 saturated carbocycles. The third-order valence-electron chi connectivity index (χ3n) is 4.23. The Hall–Kier alpha value is -2.69. The molecular weight excluding hydrogens is 302 g/mol. The topological polar surface area (TPSA) is 63.2 Å². The van der Waals surface area contributed by atoms with Gasteiger partial charge in [-0.15, -0.1) is 0 Å². The van der Waals surface area contributed by atoms with E-state index in [2.05, 4.69) is 4.98 Å². The summed E-state index contributed by atoms with van der Waals surface area (Å²) in [5.74, 6) is 0.0515. The van der Waals surface area contributed by atoms with Crippen LogP contribution in [0, 0.1) is 0 Å². The van der Waals surface area contributed by atoms with Crippen molar-refractivity contribution in [3.8, 4) is 22.9 Å². The highest BCUT2D eigenvalue weighted by Gasteiger charge is 2.24. The molecule has 3 rings (SSSR count). The van der Waals surface area contributed by atoms with Gasteiger partial charge in [-0.2, -0.15) is 0 Å². The summed E-state index contributed by atoms with van der Waals surface area (Å²) in [5.41, 5.74) is 2.69. The number of nitrogens with zero attached hydrogens (tertiary/aromatic N) is 3. The smallest absolute Gasteiger partial charge is 0.235 e. The molecule has 24 heavy (non-hydrogen) atoms. The average Bonchev–Trinajstić information content (AvgIpc) is 3.17. The molecule has 0 saturated heterocycles. The Labute approximate surface area is 141 Å². The largest absolute Gasteiger partial charge is 0.503 e. The summed E-state index contributed by atoms with van der Waals surface area (Å²) >= 11 is 0. The molecule has 0 unspecified atom stereocenters. The van der Waals surface area contributed by atoms with Gasteiger partial charge in [-0.3, -0.25) is 0 Å². The standard InChI is InChI=1S/C19H23N3O2/c1-14(2)16-17(15-7-4-3-5-8-15)22(19(24)18(16)23)11-6-10-21-12-9-20-13-21/h3-5,7-9,12-14,23-24H,6,10-11H2,1-2H3. The van der Waals surface area contributed by atoms with Gasteiger partial charge in [0.2, 0.25) is 5.88 Å². The Morgan fingerprint density at radius 2 is 1.83 bits per heavy atom. The summed E-state index contributed by atoms with van der Waals surface area (Å²) in [6.45, 7) is 5.48. The van der Waals surface area contributed by atoms with Crippen molar-refractivity contribution in [3.05, 3.63) is 54.6 Å². The summed E-state index contributed by atoms with van der Waals surface area (Å²) in [6.07, 6.45) is 6.29. The van der Waals surface area contributed by atoms with Gasteiger partial charge < -0.3 is 19.3 Å². The van der Waals surface area contributed by atoms with E-state index in [9.17, 15) is 10.2 Å². The van der Waals surface area contributed by atoms with Crippen LogP contribution in [0.4, 0.5) is 0 Å². The Morgan fingerprint density at radius 3 is 2.46 bits per heavy atom. The van der Waals surface area contributed by atoms with Crippen molar-refractivity contribution in [1.82, 2.24) is 14.1 Å². The molecule has 0 bridgehead atoms. The van der Waals surface area contributed by atoms with Crippen molar-refractivity contribution < 1.29 is 10.2 Å². The quantitative estimate of drug-likeness (QED) is 0.720. The van der Waals surface area contributed by atoms with E-state index in [4.69, 9.17) is 0 Å². The minimum Gasteiger partial charge on any atom is -0.503 e. The highest BCUT2D eigenvalue weighted by atomic mass is 16.3. The van der Waals surface area contributed by atoms with E-state index >= 15 is 0 Å². The molecule has 3 aromatic rings. The number of aryl methyl sites for hydroxylation is 1. The number of imidazole rings is 1. The Bertz CT molecular complexity index is 790. The molecule has 2 N–H and O–H groups in total. The fourth-order valence-corrected chi connectivity index (χ4v) is 3.11. The van der Waals surface area contributed by atoms with Gasteiger partial charge in [0.25, 0.3) is 0 Å². The van der Waals surface area contributed by atoms with Crippen molar-refractivity contribution in [2.45, 2.75) is 39.3 Å². The van der Waals surface area contributed by atoms with Gasteiger partial charge in [-0.25, -0.2) is 4.98 Å². The summed E-state index contributed by atoms with van der Waals surface area (Å²) in [5, 5.41) is 20.9. The molecule has 0 atom stereocenters. The first kappa shape index (κ1) is 16.2. The number of rotatable bonds is 6. The van der Waals surface area contributed by atoms with Crippen molar-refractivity contribution in [1.29, 1.82) is 0 Å². The minimum absolute atomic E-state index is 0.00789. The van der Waals surface area contributed by atoms with Crippen LogP contribution in [-0.4, -0.2) is 24.3 Å². The molecule has 0 fully saturated rings. The first-order valence-corrected chi connectivity index (χ1v) is 8.25. The van der Waals surface area contributed by atoms with Gasteiger partial charge in [0.05, 0.1) is 12.0 Å². The van der Waals surface area contributed by atoms with Crippen LogP contribution in [0.5, 0.6) is 11.6 Å². The van der Waals surface area contributed by atoms with Crippen LogP contribution < -0.4 is 0 Å². The van der Waals surface area contributed by atoms with Crippen LogP contribution in [0.15, 0.2) is 49.1 Å². The van der Waals surface area contributed by atoms with Crippen molar-refractivity contribution in [2.24, 2.45) is 0 Å². The second kappa shape index (κ2) is 6.83. The first-order valence-electron chi connectivity index (χ1n) is 8.25. The molecule has 5 heteroatoms. The molecule has 2 heterocycles. The number of benzene rings is 1. The lowest BCUT2D eigenvalue weighted by molar-refractivity contribution is 0.366. The predicted molar refractivity (Wildman–Crippen MR) is 94.1 cm³/mol. The zero-order valence-electron chi connectivity index (χ0n) is 14.1. The molecule has 126 valence electrons. The Morgan fingerprint density at radius 1 is 1.08 bits per heavy atom.